The summed E-state index contributed by atoms with van der Waals surface area (Å²) >= 11 is 0. The normalized spacial score (nSPS) is 14.7. The minimum absolute atomic E-state index is 0.0307. The summed E-state index contributed by atoms with van der Waals surface area (Å²) in [7, 11) is 0. The van der Waals surface area contributed by atoms with Gasteiger partial charge in [0.05, 0.1) is 0 Å². The standard InChI is InChI=1S/C12H20N4O4/c1-9(17)13-3-4-14-11(19)12(20)16-7-5-15(6-8-16)10(2)18/h3-8H2,1-2H3,(H,13,17)(H,14,19). The molecule has 1 rings (SSSR count). The molecular formula is C12H20N4O4. The first-order chi connectivity index (χ1) is 9.41. The topological polar surface area (TPSA) is 98.8 Å². The average Bonchev–Trinajstić information content (AvgIpc) is 2.42. The molecule has 0 aromatic heterocycles. The zero-order chi connectivity index (χ0) is 15.1. The Hall–Kier alpha value is -2.12. The van der Waals surface area contributed by atoms with Gasteiger partial charge in [-0.15, -0.1) is 0 Å². The van der Waals surface area contributed by atoms with Crippen LogP contribution < -0.4 is 10.6 Å². The molecule has 1 aliphatic heterocycles. The van der Waals surface area contributed by atoms with Crippen LogP contribution in [0.1, 0.15) is 13.8 Å². The Bertz CT molecular complexity index is 402. The number of nitrogens with one attached hydrogen (secondary N) is 2. The minimum atomic E-state index is -0.688. The van der Waals surface area contributed by atoms with E-state index in [0.29, 0.717) is 26.2 Å². The van der Waals surface area contributed by atoms with Crippen molar-refractivity contribution in [1.82, 2.24) is 20.4 Å². The Morgan fingerprint density at radius 3 is 1.85 bits per heavy atom. The van der Waals surface area contributed by atoms with E-state index in [2.05, 4.69) is 10.6 Å². The zero-order valence-corrected chi connectivity index (χ0v) is 11.8. The van der Waals surface area contributed by atoms with E-state index in [9.17, 15) is 19.2 Å². The molecule has 0 spiro atoms. The molecule has 0 aromatic rings. The first-order valence-electron chi connectivity index (χ1n) is 6.49. The lowest BCUT2D eigenvalue weighted by molar-refractivity contribution is -0.148. The van der Waals surface area contributed by atoms with Crippen LogP contribution in [0.15, 0.2) is 0 Å². The summed E-state index contributed by atoms with van der Waals surface area (Å²) in [5.41, 5.74) is 0. The van der Waals surface area contributed by atoms with E-state index in [1.165, 1.54) is 18.7 Å². The molecule has 1 heterocycles. The highest BCUT2D eigenvalue weighted by Crippen LogP contribution is 2.02. The number of nitrogens with zero attached hydrogens (tertiary/aromatic N) is 2. The van der Waals surface area contributed by atoms with E-state index in [-0.39, 0.29) is 24.9 Å². The summed E-state index contributed by atoms with van der Waals surface area (Å²) in [4.78, 5) is 48.3. The Morgan fingerprint density at radius 2 is 1.35 bits per heavy atom. The molecule has 2 N–H and O–H groups in total. The van der Waals surface area contributed by atoms with E-state index in [1.54, 1.807) is 4.90 Å². The maximum atomic E-state index is 11.8. The van der Waals surface area contributed by atoms with E-state index in [0.717, 1.165) is 0 Å². The number of hydrogen-bond acceptors (Lipinski definition) is 4. The van der Waals surface area contributed by atoms with Crippen molar-refractivity contribution in [2.75, 3.05) is 39.3 Å². The van der Waals surface area contributed by atoms with Gasteiger partial charge in [0.15, 0.2) is 0 Å². The summed E-state index contributed by atoms with van der Waals surface area (Å²) in [6.45, 7) is 4.95. The van der Waals surface area contributed by atoms with Crippen LogP contribution in [0, 0.1) is 0 Å². The number of amides is 4. The van der Waals surface area contributed by atoms with Gasteiger partial charge in [-0.05, 0) is 0 Å². The summed E-state index contributed by atoms with van der Waals surface area (Å²) in [5.74, 6) is -1.51. The van der Waals surface area contributed by atoms with Crippen molar-refractivity contribution in [3.63, 3.8) is 0 Å². The molecule has 1 saturated heterocycles. The fourth-order valence-corrected chi connectivity index (χ4v) is 1.86. The minimum Gasteiger partial charge on any atom is -0.355 e. The van der Waals surface area contributed by atoms with Gasteiger partial charge in [0, 0.05) is 53.1 Å². The molecule has 0 aliphatic carbocycles. The van der Waals surface area contributed by atoms with E-state index >= 15 is 0 Å². The molecule has 112 valence electrons. The second kappa shape index (κ2) is 7.46. The molecule has 20 heavy (non-hydrogen) atoms. The van der Waals surface area contributed by atoms with Crippen molar-refractivity contribution in [3.8, 4) is 0 Å². The van der Waals surface area contributed by atoms with E-state index in [1.807, 2.05) is 0 Å². The maximum absolute atomic E-state index is 11.8. The average molecular weight is 284 g/mol. The largest absolute Gasteiger partial charge is 0.355 e. The van der Waals surface area contributed by atoms with Gasteiger partial charge in [-0.1, -0.05) is 0 Å². The first-order valence-corrected chi connectivity index (χ1v) is 6.49. The summed E-state index contributed by atoms with van der Waals surface area (Å²) in [6.07, 6.45) is 0. The molecule has 0 radical (unpaired) electrons. The number of carbonyl (C=O) groups excluding carboxylic acids is 4. The quantitative estimate of drug-likeness (QED) is 0.459. The molecule has 0 atom stereocenters. The lowest BCUT2D eigenvalue weighted by Gasteiger charge is -2.33. The molecule has 4 amide bonds. The van der Waals surface area contributed by atoms with Crippen molar-refractivity contribution in [1.29, 1.82) is 0 Å². The summed E-state index contributed by atoms with van der Waals surface area (Å²) in [5, 5.41) is 4.96. The molecule has 0 bridgehead atoms. The van der Waals surface area contributed by atoms with Gasteiger partial charge in [0.2, 0.25) is 11.8 Å². The van der Waals surface area contributed by atoms with Gasteiger partial charge in [-0.25, -0.2) is 0 Å². The Kier molecular flexibility index (Phi) is 5.95. The molecule has 1 aliphatic rings. The van der Waals surface area contributed by atoms with Crippen molar-refractivity contribution in [3.05, 3.63) is 0 Å². The first kappa shape index (κ1) is 15.9. The van der Waals surface area contributed by atoms with Gasteiger partial charge < -0.3 is 20.4 Å². The second-order valence-corrected chi connectivity index (χ2v) is 4.54. The molecule has 0 aromatic carbocycles. The second-order valence-electron chi connectivity index (χ2n) is 4.54. The highest BCUT2D eigenvalue weighted by atomic mass is 16.2. The van der Waals surface area contributed by atoms with Crippen LogP contribution in [0.25, 0.3) is 0 Å². The molecule has 1 fully saturated rings. The van der Waals surface area contributed by atoms with Gasteiger partial charge >= 0.3 is 11.8 Å². The maximum Gasteiger partial charge on any atom is 0.312 e. The summed E-state index contributed by atoms with van der Waals surface area (Å²) in [6, 6.07) is 0. The van der Waals surface area contributed by atoms with Gasteiger partial charge in [0.1, 0.15) is 0 Å². The Morgan fingerprint density at radius 1 is 0.850 bits per heavy atom. The van der Waals surface area contributed by atoms with Crippen LogP contribution in [0.5, 0.6) is 0 Å². The van der Waals surface area contributed by atoms with Crippen molar-refractivity contribution < 1.29 is 19.2 Å². The highest BCUT2D eigenvalue weighted by molar-refractivity contribution is 6.35. The van der Waals surface area contributed by atoms with Gasteiger partial charge in [-0.2, -0.15) is 0 Å². The molecular weight excluding hydrogens is 264 g/mol. The van der Waals surface area contributed by atoms with Crippen LogP contribution in [0.2, 0.25) is 0 Å². The highest BCUT2D eigenvalue weighted by Gasteiger charge is 2.26. The third-order valence-electron chi connectivity index (χ3n) is 2.99. The van der Waals surface area contributed by atoms with Gasteiger partial charge in [-0.3, -0.25) is 19.2 Å². The zero-order valence-electron chi connectivity index (χ0n) is 11.8. The third-order valence-corrected chi connectivity index (χ3v) is 2.99. The van der Waals surface area contributed by atoms with Crippen LogP contribution in [-0.4, -0.2) is 72.7 Å². The van der Waals surface area contributed by atoms with Crippen molar-refractivity contribution >= 4 is 23.6 Å². The van der Waals surface area contributed by atoms with Crippen LogP contribution in [0.4, 0.5) is 0 Å². The monoisotopic (exact) mass is 284 g/mol. The third kappa shape index (κ3) is 4.87. The fourth-order valence-electron chi connectivity index (χ4n) is 1.86. The molecule has 8 heteroatoms. The van der Waals surface area contributed by atoms with Crippen LogP contribution in [-0.2, 0) is 19.2 Å². The SMILES string of the molecule is CC(=O)NCCNC(=O)C(=O)N1CCN(C(C)=O)CC1. The number of hydrogen-bond donors (Lipinski definition) is 2. The fraction of sp³-hybridized carbons (Fsp3) is 0.667. The Balaban J connectivity index is 2.30. The number of rotatable bonds is 3. The smallest absolute Gasteiger partial charge is 0.312 e. The predicted molar refractivity (Wildman–Crippen MR) is 70.5 cm³/mol. The van der Waals surface area contributed by atoms with Crippen LogP contribution in [0.3, 0.4) is 0 Å². The summed E-state index contributed by atoms with van der Waals surface area (Å²) < 4.78 is 0. The van der Waals surface area contributed by atoms with Crippen molar-refractivity contribution in [2.24, 2.45) is 0 Å². The lowest BCUT2D eigenvalue weighted by Crippen LogP contribution is -2.53. The number of piperazine rings is 1. The van der Waals surface area contributed by atoms with Gasteiger partial charge in [0.25, 0.3) is 0 Å². The molecule has 0 saturated carbocycles. The van der Waals surface area contributed by atoms with Crippen molar-refractivity contribution in [2.45, 2.75) is 13.8 Å². The predicted octanol–water partition coefficient (Wildman–Crippen LogP) is -2.07. The number of carbonyl (C=O) groups is 4. The van der Waals surface area contributed by atoms with E-state index < -0.39 is 11.8 Å². The van der Waals surface area contributed by atoms with Crippen LogP contribution >= 0.6 is 0 Å². The molecule has 8 nitrogen and oxygen atoms in total. The molecule has 0 unspecified atom stereocenters. The van der Waals surface area contributed by atoms with E-state index in [4.69, 9.17) is 0 Å². The Labute approximate surface area is 117 Å². The lowest BCUT2D eigenvalue weighted by atomic mass is 10.3.